The fourth-order valence-corrected chi connectivity index (χ4v) is 0.910. The molecule has 76 valence electrons. The highest BCUT2D eigenvalue weighted by Gasteiger charge is 2.05. The largest absolute Gasteiger partial charge is 0.349 e. The first-order chi connectivity index (χ1) is 6.63. The second-order valence-electron chi connectivity index (χ2n) is 3.06. The third-order valence-corrected chi connectivity index (χ3v) is 1.73. The number of nitrogens with zero attached hydrogens (tertiary/aromatic N) is 4. The first-order valence-electron chi connectivity index (χ1n) is 4.19. The molecule has 0 saturated heterocycles. The number of hydrogen-bond acceptors (Lipinski definition) is 4. The van der Waals surface area contributed by atoms with Gasteiger partial charge in [-0.25, -0.2) is 0 Å². The second kappa shape index (κ2) is 4.50. The van der Waals surface area contributed by atoms with Crippen molar-refractivity contribution in [2.45, 2.75) is 13.0 Å². The first-order valence-corrected chi connectivity index (χ1v) is 4.19. The van der Waals surface area contributed by atoms with Crippen LogP contribution in [0.4, 0.5) is 0 Å². The molecule has 0 unspecified atom stereocenters. The van der Waals surface area contributed by atoms with E-state index in [9.17, 15) is 9.59 Å². The van der Waals surface area contributed by atoms with Crippen LogP contribution in [0.2, 0.25) is 0 Å². The number of carbonyl (C=O) groups excluding carboxylic acids is 2. The Hall–Kier alpha value is -1.72. The number of amides is 1. The first kappa shape index (κ1) is 10.4. The minimum Gasteiger partial charge on any atom is -0.349 e. The third-order valence-electron chi connectivity index (χ3n) is 1.73. The molecule has 0 spiro atoms. The Kier molecular flexibility index (Phi) is 3.33. The van der Waals surface area contributed by atoms with Crippen molar-refractivity contribution < 1.29 is 9.59 Å². The molecule has 6 nitrogen and oxygen atoms in total. The number of carbonyl (C=O) groups is 2. The predicted octanol–water partition coefficient (Wildman–Crippen LogP) is -0.431. The van der Waals surface area contributed by atoms with E-state index in [4.69, 9.17) is 0 Å². The van der Waals surface area contributed by atoms with Gasteiger partial charge in [0.2, 0.25) is 5.91 Å². The highest BCUT2D eigenvalue weighted by Crippen LogP contribution is 1.94. The van der Waals surface area contributed by atoms with Crippen molar-refractivity contribution in [3.63, 3.8) is 0 Å². The van der Waals surface area contributed by atoms with Crippen LogP contribution in [0.3, 0.4) is 0 Å². The number of rotatable bonds is 4. The van der Waals surface area contributed by atoms with Crippen molar-refractivity contribution >= 4 is 12.2 Å². The Morgan fingerprint density at radius 2 is 2.36 bits per heavy atom. The molecule has 0 atom stereocenters. The zero-order valence-electron chi connectivity index (χ0n) is 8.17. The monoisotopic (exact) mass is 196 g/mol. The van der Waals surface area contributed by atoms with Crippen molar-refractivity contribution in [3.8, 4) is 0 Å². The van der Waals surface area contributed by atoms with E-state index in [1.165, 1.54) is 15.8 Å². The molecule has 6 heteroatoms. The third kappa shape index (κ3) is 2.65. The zero-order valence-corrected chi connectivity index (χ0v) is 8.17. The van der Waals surface area contributed by atoms with E-state index < -0.39 is 0 Å². The molecule has 0 aliphatic heterocycles. The predicted molar refractivity (Wildman–Crippen MR) is 48.7 cm³/mol. The van der Waals surface area contributed by atoms with Crippen molar-refractivity contribution in [1.29, 1.82) is 0 Å². The Morgan fingerprint density at radius 1 is 1.64 bits per heavy atom. The maximum absolute atomic E-state index is 11.2. The molecule has 1 heterocycles. The van der Waals surface area contributed by atoms with Crippen LogP contribution in [0.15, 0.2) is 6.20 Å². The fraction of sp³-hybridized carbons (Fsp3) is 0.500. The van der Waals surface area contributed by atoms with Crippen molar-refractivity contribution in [2.75, 3.05) is 14.1 Å². The quantitative estimate of drug-likeness (QED) is 0.613. The molecule has 0 bridgehead atoms. The van der Waals surface area contributed by atoms with Gasteiger partial charge in [-0.3, -0.25) is 14.3 Å². The van der Waals surface area contributed by atoms with Gasteiger partial charge < -0.3 is 4.90 Å². The van der Waals surface area contributed by atoms with Gasteiger partial charge in [0.1, 0.15) is 5.69 Å². The summed E-state index contributed by atoms with van der Waals surface area (Å²) in [4.78, 5) is 23.0. The molecule has 14 heavy (non-hydrogen) atoms. The standard InChI is InChI=1S/C8H12N4O2/c1-11(2)8(14)3-4-12-5-7(6-13)9-10-12/h5-6H,3-4H2,1-2H3. The van der Waals surface area contributed by atoms with E-state index in [0.29, 0.717) is 19.3 Å². The van der Waals surface area contributed by atoms with Gasteiger partial charge in [-0.2, -0.15) is 0 Å². The van der Waals surface area contributed by atoms with Crippen LogP contribution in [0.5, 0.6) is 0 Å². The van der Waals surface area contributed by atoms with Gasteiger partial charge in [0.25, 0.3) is 0 Å². The Bertz CT molecular complexity index is 332. The highest BCUT2D eigenvalue weighted by molar-refractivity contribution is 5.75. The second-order valence-corrected chi connectivity index (χ2v) is 3.06. The summed E-state index contributed by atoms with van der Waals surface area (Å²) >= 11 is 0. The molecule has 0 aliphatic rings. The maximum atomic E-state index is 11.2. The molecule has 1 rings (SSSR count). The van der Waals surface area contributed by atoms with Crippen LogP contribution in [-0.2, 0) is 11.3 Å². The number of aromatic nitrogens is 3. The van der Waals surface area contributed by atoms with Gasteiger partial charge in [0, 0.05) is 20.5 Å². The molecule has 0 fully saturated rings. The summed E-state index contributed by atoms with van der Waals surface area (Å²) in [7, 11) is 3.39. The topological polar surface area (TPSA) is 68.1 Å². The lowest BCUT2D eigenvalue weighted by molar-refractivity contribution is -0.128. The lowest BCUT2D eigenvalue weighted by Crippen LogP contribution is -2.22. The molecule has 0 saturated carbocycles. The molecule has 0 aromatic carbocycles. The molecule has 0 radical (unpaired) electrons. The van der Waals surface area contributed by atoms with Crippen LogP contribution in [0.1, 0.15) is 16.9 Å². The molecule has 1 aromatic rings. The van der Waals surface area contributed by atoms with Crippen molar-refractivity contribution in [3.05, 3.63) is 11.9 Å². The van der Waals surface area contributed by atoms with E-state index in [-0.39, 0.29) is 11.6 Å². The van der Waals surface area contributed by atoms with Gasteiger partial charge in [0.15, 0.2) is 6.29 Å². The Balaban J connectivity index is 2.45. The SMILES string of the molecule is CN(C)C(=O)CCn1cc(C=O)nn1. The molecule has 1 aromatic heterocycles. The van der Waals surface area contributed by atoms with Gasteiger partial charge in [-0.1, -0.05) is 5.21 Å². The van der Waals surface area contributed by atoms with Gasteiger partial charge in [0.05, 0.1) is 12.7 Å². The minimum atomic E-state index is 0.0214. The van der Waals surface area contributed by atoms with E-state index in [2.05, 4.69) is 10.3 Å². The Labute approximate surface area is 81.5 Å². The summed E-state index contributed by atoms with van der Waals surface area (Å²) in [5.74, 6) is 0.0214. The average Bonchev–Trinajstić information content (AvgIpc) is 2.61. The van der Waals surface area contributed by atoms with Crippen LogP contribution < -0.4 is 0 Å². The van der Waals surface area contributed by atoms with Gasteiger partial charge >= 0.3 is 0 Å². The van der Waals surface area contributed by atoms with Crippen molar-refractivity contribution in [1.82, 2.24) is 19.9 Å². The average molecular weight is 196 g/mol. The number of aldehydes is 1. The lowest BCUT2D eigenvalue weighted by Gasteiger charge is -2.09. The zero-order chi connectivity index (χ0) is 10.6. The number of aryl methyl sites for hydroxylation is 1. The normalized spacial score (nSPS) is 9.86. The lowest BCUT2D eigenvalue weighted by atomic mass is 10.4. The summed E-state index contributed by atoms with van der Waals surface area (Å²) in [6.07, 6.45) is 2.49. The maximum Gasteiger partial charge on any atom is 0.223 e. The highest BCUT2D eigenvalue weighted by atomic mass is 16.2. The van der Waals surface area contributed by atoms with Gasteiger partial charge in [-0.15, -0.1) is 5.10 Å². The molecular weight excluding hydrogens is 184 g/mol. The molecule has 0 N–H and O–H groups in total. The molecule has 0 aliphatic carbocycles. The smallest absolute Gasteiger partial charge is 0.223 e. The summed E-state index contributed by atoms with van der Waals surface area (Å²) in [5, 5.41) is 7.26. The van der Waals surface area contributed by atoms with Crippen LogP contribution in [0, 0.1) is 0 Å². The van der Waals surface area contributed by atoms with E-state index in [1.807, 2.05) is 0 Å². The summed E-state index contributed by atoms with van der Waals surface area (Å²) < 4.78 is 1.48. The summed E-state index contributed by atoms with van der Waals surface area (Å²) in [6, 6.07) is 0. The summed E-state index contributed by atoms with van der Waals surface area (Å²) in [5.41, 5.74) is 0.280. The molecular formula is C8H12N4O2. The van der Waals surface area contributed by atoms with E-state index >= 15 is 0 Å². The van der Waals surface area contributed by atoms with Crippen molar-refractivity contribution in [2.24, 2.45) is 0 Å². The Morgan fingerprint density at radius 3 is 2.86 bits per heavy atom. The van der Waals surface area contributed by atoms with Crippen LogP contribution >= 0.6 is 0 Å². The van der Waals surface area contributed by atoms with E-state index in [0.717, 1.165) is 0 Å². The van der Waals surface area contributed by atoms with Crippen LogP contribution in [-0.4, -0.2) is 46.2 Å². The minimum absolute atomic E-state index is 0.0214. The summed E-state index contributed by atoms with van der Waals surface area (Å²) in [6.45, 7) is 0.442. The fourth-order valence-electron chi connectivity index (χ4n) is 0.910. The van der Waals surface area contributed by atoms with Crippen LogP contribution in [0.25, 0.3) is 0 Å². The molecule has 1 amide bonds. The van der Waals surface area contributed by atoms with Gasteiger partial charge in [-0.05, 0) is 0 Å². The van der Waals surface area contributed by atoms with E-state index in [1.54, 1.807) is 14.1 Å². The number of hydrogen-bond donors (Lipinski definition) is 0.